The summed E-state index contributed by atoms with van der Waals surface area (Å²) in [7, 11) is 0. The molecular weight excluding hydrogens is 684 g/mol. The van der Waals surface area contributed by atoms with Gasteiger partial charge in [-0.3, -0.25) is 0 Å². The maximum absolute atomic E-state index is 12.7. The van der Waals surface area contributed by atoms with Crippen LogP contribution in [0.4, 0.5) is 0 Å². The van der Waals surface area contributed by atoms with Gasteiger partial charge in [0.05, 0.1) is 55.9 Å². The smallest absolute Gasteiger partial charge is 0.186 e. The third-order valence-electron chi connectivity index (χ3n) is 14.3. The van der Waals surface area contributed by atoms with E-state index in [4.69, 9.17) is 18.9 Å². The first kappa shape index (κ1) is 40.8. The fourth-order valence-electron chi connectivity index (χ4n) is 11.5. The Bertz CT molecular complexity index is 1260. The minimum Gasteiger partial charge on any atom is -0.393 e. The average Bonchev–Trinajstić information content (AvgIpc) is 3.30. The number of aliphatic hydroxyl groups excluding tert-OH is 10. The van der Waals surface area contributed by atoms with E-state index >= 15 is 0 Å². The van der Waals surface area contributed by atoms with Crippen molar-refractivity contribution in [2.75, 3.05) is 19.8 Å². The molecule has 6 aliphatic rings. The summed E-state index contributed by atoms with van der Waals surface area (Å²) in [5.74, 6) is -2.47. The van der Waals surface area contributed by atoms with Gasteiger partial charge in [-0.05, 0) is 66.6 Å². The van der Waals surface area contributed by atoms with Gasteiger partial charge < -0.3 is 75.1 Å². The predicted octanol–water partition coefficient (Wildman–Crippen LogP) is -1.86. The number of hydrogen-bond acceptors (Lipinski definition) is 15. The Morgan fingerprint density at radius 1 is 0.731 bits per heavy atom. The normalized spacial score (nSPS) is 54.2. The van der Waals surface area contributed by atoms with Crippen LogP contribution in [0.3, 0.4) is 0 Å². The standard InChI is InChI=1S/C37H62O15/c1-16(5-6-20(38)17(2)13-49-33-30(46)26(42)22(40)14-50-33)25-28(44)29(45)32-36(25,4)10-8-24-35(3)9-7-18(11-19(35)21(39)12-37(24,32)48)52-34-31(47)27(43)23(41)15-51-34/h5-6,16-34,38-48H,7-15H2,1-4H3. The van der Waals surface area contributed by atoms with Crippen LogP contribution in [0.1, 0.15) is 66.2 Å². The number of allylic oxidation sites excluding steroid dienone is 1. The summed E-state index contributed by atoms with van der Waals surface area (Å²) in [6.45, 7) is 7.36. The van der Waals surface area contributed by atoms with Crippen molar-refractivity contribution in [3.8, 4) is 0 Å². The first-order valence-electron chi connectivity index (χ1n) is 19.1. The minimum atomic E-state index is -1.46. The van der Waals surface area contributed by atoms with Gasteiger partial charge in [0.2, 0.25) is 0 Å². The molecule has 2 saturated heterocycles. The van der Waals surface area contributed by atoms with Crippen molar-refractivity contribution in [2.45, 2.75) is 152 Å². The van der Waals surface area contributed by atoms with E-state index < -0.39 is 108 Å². The van der Waals surface area contributed by atoms with Gasteiger partial charge in [0, 0.05) is 18.3 Å². The van der Waals surface area contributed by atoms with Crippen molar-refractivity contribution in [3.63, 3.8) is 0 Å². The van der Waals surface area contributed by atoms with Crippen LogP contribution in [-0.2, 0) is 18.9 Å². The van der Waals surface area contributed by atoms with E-state index in [1.165, 1.54) is 0 Å². The molecule has 11 N–H and O–H groups in total. The molecule has 22 atom stereocenters. The van der Waals surface area contributed by atoms with Crippen molar-refractivity contribution in [1.82, 2.24) is 0 Å². The van der Waals surface area contributed by atoms with Gasteiger partial charge >= 0.3 is 0 Å². The van der Waals surface area contributed by atoms with Crippen molar-refractivity contribution in [3.05, 3.63) is 12.2 Å². The van der Waals surface area contributed by atoms with Gasteiger partial charge in [-0.25, -0.2) is 0 Å². The lowest BCUT2D eigenvalue weighted by atomic mass is 9.42. The summed E-state index contributed by atoms with van der Waals surface area (Å²) >= 11 is 0. The molecule has 6 rings (SSSR count). The zero-order valence-electron chi connectivity index (χ0n) is 30.5. The molecule has 0 bridgehead atoms. The fraction of sp³-hybridized carbons (Fsp3) is 0.946. The molecule has 15 nitrogen and oxygen atoms in total. The van der Waals surface area contributed by atoms with E-state index in [2.05, 4.69) is 6.92 Å². The molecule has 4 saturated carbocycles. The van der Waals surface area contributed by atoms with E-state index in [0.29, 0.717) is 32.1 Å². The maximum Gasteiger partial charge on any atom is 0.186 e. The molecule has 0 spiro atoms. The summed E-state index contributed by atoms with van der Waals surface area (Å²) in [5.41, 5.74) is -2.67. The SMILES string of the molecule is CC(C=CC(O)C(C)COC1OCC(O)C(O)C1O)C1C(O)C(O)C2C1(C)CCC1C3(C)CCC(OC4OCC(O)C(O)C4O)CC3C(O)CC12O. The van der Waals surface area contributed by atoms with Crippen LogP contribution in [-0.4, -0.2) is 161 Å². The summed E-state index contributed by atoms with van der Waals surface area (Å²) in [5, 5.41) is 119. The molecule has 2 aliphatic heterocycles. The molecule has 0 aromatic carbocycles. The lowest BCUT2D eigenvalue weighted by Gasteiger charge is -2.66. The second kappa shape index (κ2) is 15.2. The van der Waals surface area contributed by atoms with E-state index in [-0.39, 0.29) is 50.1 Å². The third-order valence-corrected chi connectivity index (χ3v) is 14.3. The number of fused-ring (bicyclic) bond motifs is 5. The van der Waals surface area contributed by atoms with Crippen molar-refractivity contribution in [1.29, 1.82) is 0 Å². The van der Waals surface area contributed by atoms with E-state index in [9.17, 15) is 56.2 Å². The quantitative estimate of drug-likeness (QED) is 0.0914. The molecule has 300 valence electrons. The summed E-state index contributed by atoms with van der Waals surface area (Å²) in [6.07, 6.45) is -8.79. The summed E-state index contributed by atoms with van der Waals surface area (Å²) in [4.78, 5) is 0. The highest BCUT2D eigenvalue weighted by Crippen LogP contribution is 2.69. The first-order valence-corrected chi connectivity index (χ1v) is 19.1. The predicted molar refractivity (Wildman–Crippen MR) is 181 cm³/mol. The van der Waals surface area contributed by atoms with E-state index in [1.54, 1.807) is 19.1 Å². The Kier molecular flexibility index (Phi) is 12.0. The lowest BCUT2D eigenvalue weighted by molar-refractivity contribution is -0.300. The largest absolute Gasteiger partial charge is 0.393 e. The minimum absolute atomic E-state index is 0.0120. The Morgan fingerprint density at radius 2 is 1.33 bits per heavy atom. The fourth-order valence-corrected chi connectivity index (χ4v) is 11.5. The van der Waals surface area contributed by atoms with E-state index in [0.717, 1.165) is 0 Å². The Hall–Kier alpha value is -0.860. The van der Waals surface area contributed by atoms with Crippen LogP contribution in [0.25, 0.3) is 0 Å². The number of rotatable bonds is 9. The first-order chi connectivity index (χ1) is 24.3. The molecule has 0 aromatic heterocycles. The molecule has 52 heavy (non-hydrogen) atoms. The second-order valence-corrected chi connectivity index (χ2v) is 17.5. The van der Waals surface area contributed by atoms with Crippen LogP contribution in [0.5, 0.6) is 0 Å². The second-order valence-electron chi connectivity index (χ2n) is 17.5. The molecule has 6 fully saturated rings. The highest BCUT2D eigenvalue weighted by Gasteiger charge is 2.72. The molecule has 0 radical (unpaired) electrons. The molecule has 4 aliphatic carbocycles. The molecule has 22 unspecified atom stereocenters. The van der Waals surface area contributed by atoms with Gasteiger partial charge in [-0.1, -0.05) is 39.8 Å². The molecule has 0 aromatic rings. The van der Waals surface area contributed by atoms with Crippen LogP contribution >= 0.6 is 0 Å². The van der Waals surface area contributed by atoms with Crippen LogP contribution in [0, 0.1) is 46.3 Å². The van der Waals surface area contributed by atoms with Crippen molar-refractivity contribution in [2.24, 2.45) is 46.3 Å². The van der Waals surface area contributed by atoms with Gasteiger partial charge in [0.15, 0.2) is 12.6 Å². The lowest BCUT2D eigenvalue weighted by Crippen LogP contribution is -2.69. The van der Waals surface area contributed by atoms with Crippen molar-refractivity contribution < 1.29 is 75.1 Å². The molecule has 15 heteroatoms. The van der Waals surface area contributed by atoms with Gasteiger partial charge in [0.1, 0.15) is 36.6 Å². The monoisotopic (exact) mass is 746 g/mol. The van der Waals surface area contributed by atoms with Gasteiger partial charge in [-0.2, -0.15) is 0 Å². The number of ether oxygens (including phenoxy) is 4. The number of aliphatic hydroxyl groups is 11. The van der Waals surface area contributed by atoms with Crippen LogP contribution < -0.4 is 0 Å². The Labute approximate surface area is 304 Å². The maximum atomic E-state index is 12.7. The molecular formula is C37H62O15. The zero-order valence-corrected chi connectivity index (χ0v) is 30.5. The van der Waals surface area contributed by atoms with Crippen molar-refractivity contribution >= 4 is 0 Å². The summed E-state index contributed by atoms with van der Waals surface area (Å²) < 4.78 is 22.4. The summed E-state index contributed by atoms with van der Waals surface area (Å²) in [6, 6.07) is 0. The van der Waals surface area contributed by atoms with Crippen LogP contribution in [0.2, 0.25) is 0 Å². The Balaban J connectivity index is 1.11. The topological polar surface area (TPSA) is 259 Å². The van der Waals surface area contributed by atoms with Gasteiger partial charge in [-0.15, -0.1) is 0 Å². The molecule has 2 heterocycles. The van der Waals surface area contributed by atoms with Crippen LogP contribution in [0.15, 0.2) is 12.2 Å². The molecule has 0 amide bonds. The van der Waals surface area contributed by atoms with E-state index in [1.807, 2.05) is 13.8 Å². The highest BCUT2D eigenvalue weighted by molar-refractivity contribution is 5.22. The van der Waals surface area contributed by atoms with Gasteiger partial charge in [0.25, 0.3) is 0 Å². The average molecular weight is 747 g/mol. The highest BCUT2D eigenvalue weighted by atomic mass is 16.7. The third kappa shape index (κ3) is 6.94. The zero-order chi connectivity index (χ0) is 38.1. The number of hydrogen-bond donors (Lipinski definition) is 11. The Morgan fingerprint density at radius 3 is 1.98 bits per heavy atom.